The van der Waals surface area contributed by atoms with E-state index in [9.17, 15) is 4.79 Å². The van der Waals surface area contributed by atoms with Gasteiger partial charge in [0.05, 0.1) is 6.54 Å². The summed E-state index contributed by atoms with van der Waals surface area (Å²) >= 11 is 0. The number of carboxylic acids is 1. The Morgan fingerprint density at radius 2 is 1.80 bits per heavy atom. The fourth-order valence-corrected chi connectivity index (χ4v) is 4.77. The highest BCUT2D eigenvalue weighted by Crippen LogP contribution is 2.37. The van der Waals surface area contributed by atoms with Crippen LogP contribution in [0.3, 0.4) is 0 Å². The first-order chi connectivity index (χ1) is 12.0. The van der Waals surface area contributed by atoms with Crippen LogP contribution in [0.15, 0.2) is 30.3 Å². The molecule has 0 spiro atoms. The Kier molecular flexibility index (Phi) is 6.13. The number of nitrogens with one attached hydrogen (secondary N) is 1. The largest absolute Gasteiger partial charge is 0.480 e. The minimum absolute atomic E-state index is 0.171. The van der Waals surface area contributed by atoms with Crippen molar-refractivity contribution in [3.63, 3.8) is 0 Å². The highest BCUT2D eigenvalue weighted by atomic mass is 16.4. The van der Waals surface area contributed by atoms with Crippen LogP contribution in [0.25, 0.3) is 0 Å². The molecule has 2 fully saturated rings. The second-order valence-corrected chi connectivity index (χ2v) is 8.06. The SMILES string of the molecule is CCN(CC(=O)O)C1CC(NC2CC(C)CC(c3ccccc3)C2)C1. The molecule has 0 saturated heterocycles. The van der Waals surface area contributed by atoms with Gasteiger partial charge < -0.3 is 10.4 Å². The van der Waals surface area contributed by atoms with Crippen molar-refractivity contribution in [1.82, 2.24) is 10.2 Å². The van der Waals surface area contributed by atoms with Crippen molar-refractivity contribution in [2.45, 2.75) is 70.0 Å². The summed E-state index contributed by atoms with van der Waals surface area (Å²) in [6, 6.07) is 12.5. The lowest BCUT2D eigenvalue weighted by Crippen LogP contribution is -2.56. The number of hydrogen-bond acceptors (Lipinski definition) is 3. The van der Waals surface area contributed by atoms with Gasteiger partial charge in [-0.2, -0.15) is 0 Å². The molecule has 3 rings (SSSR count). The molecule has 4 nitrogen and oxygen atoms in total. The Bertz CT molecular complexity index is 556. The van der Waals surface area contributed by atoms with Crippen molar-refractivity contribution in [2.75, 3.05) is 13.1 Å². The lowest BCUT2D eigenvalue weighted by Gasteiger charge is -2.45. The van der Waals surface area contributed by atoms with Gasteiger partial charge in [0, 0.05) is 18.1 Å². The van der Waals surface area contributed by atoms with Gasteiger partial charge in [0.15, 0.2) is 0 Å². The van der Waals surface area contributed by atoms with Gasteiger partial charge in [-0.25, -0.2) is 0 Å². The minimum Gasteiger partial charge on any atom is -0.480 e. The number of carboxylic acid groups (broad SMARTS) is 1. The van der Waals surface area contributed by atoms with Crippen molar-refractivity contribution < 1.29 is 9.90 Å². The third-order valence-corrected chi connectivity index (χ3v) is 6.06. The maximum absolute atomic E-state index is 11.0. The molecule has 0 aromatic heterocycles. The summed E-state index contributed by atoms with van der Waals surface area (Å²) in [7, 11) is 0. The molecule has 1 aromatic rings. The second-order valence-electron chi connectivity index (χ2n) is 8.06. The van der Waals surface area contributed by atoms with E-state index in [0.717, 1.165) is 25.3 Å². The van der Waals surface area contributed by atoms with Crippen molar-refractivity contribution in [3.05, 3.63) is 35.9 Å². The Morgan fingerprint density at radius 3 is 2.44 bits per heavy atom. The zero-order chi connectivity index (χ0) is 17.8. The average Bonchev–Trinajstić information content (AvgIpc) is 2.56. The van der Waals surface area contributed by atoms with Gasteiger partial charge in [0.25, 0.3) is 0 Å². The molecule has 0 heterocycles. The molecule has 4 heteroatoms. The molecule has 0 bridgehead atoms. The number of carbonyl (C=O) groups is 1. The van der Waals surface area contributed by atoms with E-state index in [4.69, 9.17) is 5.11 Å². The van der Waals surface area contributed by atoms with Crippen LogP contribution in [0.1, 0.15) is 57.4 Å². The van der Waals surface area contributed by atoms with E-state index in [2.05, 4.69) is 54.4 Å². The molecule has 0 radical (unpaired) electrons. The number of hydrogen-bond donors (Lipinski definition) is 2. The fourth-order valence-electron chi connectivity index (χ4n) is 4.77. The quantitative estimate of drug-likeness (QED) is 0.795. The summed E-state index contributed by atoms with van der Waals surface area (Å²) in [5.74, 6) is 0.703. The number of aliphatic carboxylic acids is 1. The molecule has 2 N–H and O–H groups in total. The standard InChI is InChI=1S/C21H32N2O2/c1-3-23(14-21(24)25)20-12-19(13-20)22-18-10-15(2)9-17(11-18)16-7-5-4-6-8-16/h4-8,15,17-20,22H,3,9-14H2,1-2H3,(H,24,25). The van der Waals surface area contributed by atoms with Crippen molar-refractivity contribution in [2.24, 2.45) is 5.92 Å². The van der Waals surface area contributed by atoms with Gasteiger partial charge in [0.1, 0.15) is 0 Å². The minimum atomic E-state index is -0.718. The first kappa shape index (κ1) is 18.4. The van der Waals surface area contributed by atoms with E-state index in [-0.39, 0.29) is 6.54 Å². The van der Waals surface area contributed by atoms with Crippen LogP contribution < -0.4 is 5.32 Å². The van der Waals surface area contributed by atoms with E-state index in [1.54, 1.807) is 0 Å². The molecule has 2 saturated carbocycles. The fraction of sp³-hybridized carbons (Fsp3) is 0.667. The molecular formula is C21H32N2O2. The van der Waals surface area contributed by atoms with Crippen molar-refractivity contribution in [1.29, 1.82) is 0 Å². The Morgan fingerprint density at radius 1 is 1.12 bits per heavy atom. The third-order valence-electron chi connectivity index (χ3n) is 6.06. The van der Waals surface area contributed by atoms with Crippen LogP contribution in [0.4, 0.5) is 0 Å². The van der Waals surface area contributed by atoms with Crippen LogP contribution >= 0.6 is 0 Å². The van der Waals surface area contributed by atoms with Crippen LogP contribution in [-0.4, -0.2) is 47.2 Å². The summed E-state index contributed by atoms with van der Waals surface area (Å²) < 4.78 is 0. The topological polar surface area (TPSA) is 52.6 Å². The highest BCUT2D eigenvalue weighted by molar-refractivity contribution is 5.69. The first-order valence-electron chi connectivity index (χ1n) is 9.82. The number of benzene rings is 1. The van der Waals surface area contributed by atoms with Crippen LogP contribution in [0.5, 0.6) is 0 Å². The van der Waals surface area contributed by atoms with E-state index in [0.29, 0.717) is 24.0 Å². The predicted molar refractivity (Wildman–Crippen MR) is 101 cm³/mol. The molecule has 25 heavy (non-hydrogen) atoms. The lowest BCUT2D eigenvalue weighted by atomic mass is 9.75. The summed E-state index contributed by atoms with van der Waals surface area (Å²) in [4.78, 5) is 13.1. The Balaban J connectivity index is 1.49. The zero-order valence-corrected chi connectivity index (χ0v) is 15.5. The van der Waals surface area contributed by atoms with Gasteiger partial charge in [-0.05, 0) is 56.0 Å². The van der Waals surface area contributed by atoms with Gasteiger partial charge in [0.2, 0.25) is 0 Å². The molecular weight excluding hydrogens is 312 g/mol. The first-order valence-corrected chi connectivity index (χ1v) is 9.82. The van der Waals surface area contributed by atoms with Crippen LogP contribution in [0.2, 0.25) is 0 Å². The van der Waals surface area contributed by atoms with E-state index < -0.39 is 5.97 Å². The average molecular weight is 344 g/mol. The number of likely N-dealkylation sites (N-methyl/N-ethyl adjacent to an activating group) is 1. The van der Waals surface area contributed by atoms with E-state index >= 15 is 0 Å². The third kappa shape index (κ3) is 4.83. The van der Waals surface area contributed by atoms with Gasteiger partial charge in [-0.15, -0.1) is 0 Å². The summed E-state index contributed by atoms with van der Waals surface area (Å²) in [6.45, 7) is 5.42. The summed E-state index contributed by atoms with van der Waals surface area (Å²) in [5, 5.41) is 12.9. The smallest absolute Gasteiger partial charge is 0.317 e. The van der Waals surface area contributed by atoms with Gasteiger partial charge in [-0.3, -0.25) is 9.69 Å². The van der Waals surface area contributed by atoms with Gasteiger partial charge in [-0.1, -0.05) is 44.2 Å². The molecule has 2 aliphatic carbocycles. The second kappa shape index (κ2) is 8.33. The molecule has 3 atom stereocenters. The van der Waals surface area contributed by atoms with Gasteiger partial charge >= 0.3 is 5.97 Å². The maximum Gasteiger partial charge on any atom is 0.317 e. The Labute approximate surface area is 151 Å². The van der Waals surface area contributed by atoms with E-state index in [1.807, 2.05) is 0 Å². The molecule has 3 unspecified atom stereocenters. The molecule has 0 aliphatic heterocycles. The van der Waals surface area contributed by atoms with E-state index in [1.165, 1.54) is 24.8 Å². The predicted octanol–water partition coefficient (Wildman–Crippen LogP) is 3.49. The summed E-state index contributed by atoms with van der Waals surface area (Å²) in [5.41, 5.74) is 1.48. The highest BCUT2D eigenvalue weighted by Gasteiger charge is 2.36. The Hall–Kier alpha value is -1.39. The molecule has 2 aliphatic rings. The number of nitrogens with zero attached hydrogens (tertiary/aromatic N) is 1. The summed E-state index contributed by atoms with van der Waals surface area (Å²) in [6.07, 6.45) is 5.95. The van der Waals surface area contributed by atoms with Crippen molar-refractivity contribution >= 4 is 5.97 Å². The zero-order valence-electron chi connectivity index (χ0n) is 15.5. The molecule has 138 valence electrons. The molecule has 1 aromatic carbocycles. The number of rotatable bonds is 7. The normalized spacial score (nSPS) is 32.4. The maximum atomic E-state index is 11.0. The van der Waals surface area contributed by atoms with Crippen molar-refractivity contribution in [3.8, 4) is 0 Å². The monoisotopic (exact) mass is 344 g/mol. The lowest BCUT2D eigenvalue weighted by molar-refractivity contribution is -0.139. The van der Waals surface area contributed by atoms with Crippen LogP contribution in [-0.2, 0) is 4.79 Å². The molecule has 0 amide bonds. The van der Waals surface area contributed by atoms with Crippen LogP contribution in [0, 0.1) is 5.92 Å².